The number of sulfonamides is 1. The lowest BCUT2D eigenvalue weighted by molar-refractivity contribution is 0.0974. The number of fused-ring (bicyclic) bond motifs is 3. The molecule has 0 bridgehead atoms. The molecular weight excluding hydrogens is 418 g/mol. The Morgan fingerprint density at radius 3 is 2.89 bits per heavy atom. The molecule has 0 radical (unpaired) electrons. The van der Waals surface area contributed by atoms with E-state index in [1.807, 2.05) is 6.07 Å². The number of aromatic nitrogens is 2. The fourth-order valence-electron chi connectivity index (χ4n) is 3.39. The second-order valence-electron chi connectivity index (χ2n) is 6.82. The van der Waals surface area contributed by atoms with Crippen LogP contribution in [0.5, 0.6) is 0 Å². The molecule has 1 aliphatic rings. The van der Waals surface area contributed by atoms with Gasteiger partial charge in [-0.2, -0.15) is 0 Å². The molecule has 3 aromatic heterocycles. The Labute approximate surface area is 170 Å². The minimum absolute atomic E-state index is 0.0477. The van der Waals surface area contributed by atoms with E-state index in [1.165, 1.54) is 27.1 Å². The second-order valence-corrected chi connectivity index (χ2v) is 10.9. The summed E-state index contributed by atoms with van der Waals surface area (Å²) in [6.07, 6.45) is 6.05. The Hall–Kier alpha value is -1.88. The molecular formula is C18H19N3O4S3. The third-order valence-electron chi connectivity index (χ3n) is 4.68. The predicted octanol–water partition coefficient (Wildman–Crippen LogP) is 1.98. The van der Waals surface area contributed by atoms with Crippen molar-refractivity contribution in [1.82, 2.24) is 14.3 Å². The molecule has 0 unspecified atom stereocenters. The molecule has 0 aliphatic heterocycles. The van der Waals surface area contributed by atoms with Gasteiger partial charge in [0, 0.05) is 16.3 Å². The number of thiophene rings is 2. The topological polar surface area (TPSA) is 98.1 Å². The second kappa shape index (κ2) is 7.51. The summed E-state index contributed by atoms with van der Waals surface area (Å²) in [6, 6.07) is 3.54. The maximum Gasteiger partial charge on any atom is 0.262 e. The van der Waals surface area contributed by atoms with Crippen LogP contribution in [0.1, 0.15) is 31.4 Å². The first-order valence-electron chi connectivity index (χ1n) is 8.88. The van der Waals surface area contributed by atoms with Gasteiger partial charge in [0.25, 0.3) is 5.56 Å². The zero-order valence-corrected chi connectivity index (χ0v) is 17.7. The van der Waals surface area contributed by atoms with Crippen LogP contribution in [-0.4, -0.2) is 36.6 Å². The van der Waals surface area contributed by atoms with Crippen LogP contribution in [-0.2, 0) is 35.8 Å². The van der Waals surface area contributed by atoms with Crippen molar-refractivity contribution in [2.45, 2.75) is 32.2 Å². The number of nitrogens with one attached hydrogen (secondary N) is 1. The van der Waals surface area contributed by atoms with Gasteiger partial charge < -0.3 is 0 Å². The lowest BCUT2D eigenvalue weighted by Crippen LogP contribution is -2.24. The Balaban J connectivity index is 1.50. The maximum atomic E-state index is 12.9. The molecule has 10 heteroatoms. The minimum Gasteiger partial charge on any atom is -0.291 e. The van der Waals surface area contributed by atoms with Crippen molar-refractivity contribution < 1.29 is 13.2 Å². The third-order valence-corrected chi connectivity index (χ3v) is 7.79. The predicted molar refractivity (Wildman–Crippen MR) is 111 cm³/mol. The highest BCUT2D eigenvalue weighted by atomic mass is 32.2. The molecule has 1 N–H and O–H groups in total. The van der Waals surface area contributed by atoms with E-state index in [-0.39, 0.29) is 24.4 Å². The largest absolute Gasteiger partial charge is 0.291 e. The average molecular weight is 438 g/mol. The number of carbonyl (C=O) groups excluding carboxylic acids is 1. The van der Waals surface area contributed by atoms with Gasteiger partial charge in [-0.25, -0.2) is 18.1 Å². The summed E-state index contributed by atoms with van der Waals surface area (Å²) in [4.78, 5) is 33.4. The maximum absolute atomic E-state index is 12.9. The van der Waals surface area contributed by atoms with Crippen molar-refractivity contribution >= 4 is 48.7 Å². The van der Waals surface area contributed by atoms with Crippen LogP contribution >= 0.6 is 22.7 Å². The van der Waals surface area contributed by atoms with Crippen LogP contribution in [0.25, 0.3) is 10.2 Å². The van der Waals surface area contributed by atoms with Crippen LogP contribution in [0.15, 0.2) is 23.3 Å². The van der Waals surface area contributed by atoms with E-state index in [9.17, 15) is 18.0 Å². The van der Waals surface area contributed by atoms with Gasteiger partial charge >= 0.3 is 0 Å². The van der Waals surface area contributed by atoms with Crippen molar-refractivity contribution in [2.75, 3.05) is 12.8 Å². The summed E-state index contributed by atoms with van der Waals surface area (Å²) in [5.74, 6) is -0.151. The number of carbonyl (C=O) groups is 1. The standard InChI is InChI=1S/C18H19N3O4S3/c1-28(24,25)20-8-7-11-5-6-15(26-11)13(22)9-21-10-19-17-16(18(21)23)12-3-2-4-14(12)27-17/h5-6,10,20H,2-4,7-9H2,1H3. The van der Waals surface area contributed by atoms with Gasteiger partial charge in [0.2, 0.25) is 10.0 Å². The molecule has 148 valence electrons. The first kappa shape index (κ1) is 19.4. The quantitative estimate of drug-likeness (QED) is 0.570. The molecule has 4 rings (SSSR count). The minimum atomic E-state index is -3.22. The molecule has 7 nitrogen and oxygen atoms in total. The highest BCUT2D eigenvalue weighted by molar-refractivity contribution is 7.88. The molecule has 0 fully saturated rings. The summed E-state index contributed by atoms with van der Waals surface area (Å²) < 4.78 is 26.1. The van der Waals surface area contributed by atoms with Gasteiger partial charge in [-0.05, 0) is 43.4 Å². The summed E-state index contributed by atoms with van der Waals surface area (Å²) in [5, 5.41) is 0.673. The third kappa shape index (κ3) is 3.95. The number of Topliss-reactive ketones (excluding diaryl/α,β-unsaturated/α-hetero) is 1. The van der Waals surface area contributed by atoms with Crippen molar-refractivity contribution in [3.63, 3.8) is 0 Å². The van der Waals surface area contributed by atoms with Gasteiger partial charge in [-0.3, -0.25) is 14.2 Å². The van der Waals surface area contributed by atoms with E-state index in [2.05, 4.69) is 9.71 Å². The van der Waals surface area contributed by atoms with Crippen LogP contribution in [0, 0.1) is 0 Å². The highest BCUT2D eigenvalue weighted by Gasteiger charge is 2.22. The molecule has 3 aromatic rings. The zero-order chi connectivity index (χ0) is 19.9. The molecule has 0 aromatic carbocycles. The van der Waals surface area contributed by atoms with Gasteiger partial charge in [0.1, 0.15) is 4.83 Å². The smallest absolute Gasteiger partial charge is 0.262 e. The summed E-state index contributed by atoms with van der Waals surface area (Å²) in [5.41, 5.74) is 0.961. The number of nitrogens with zero attached hydrogens (tertiary/aromatic N) is 2. The average Bonchev–Trinajstić information content (AvgIpc) is 3.31. The Morgan fingerprint density at radius 1 is 1.29 bits per heavy atom. The first-order chi connectivity index (χ1) is 13.3. The van der Waals surface area contributed by atoms with E-state index in [0.29, 0.717) is 16.7 Å². The SMILES string of the molecule is CS(=O)(=O)NCCc1ccc(C(=O)Cn2cnc3sc4c(c3c2=O)CCC4)s1. The number of hydrogen-bond donors (Lipinski definition) is 1. The Kier molecular flexibility index (Phi) is 5.21. The van der Waals surface area contributed by atoms with Gasteiger partial charge in [0.15, 0.2) is 5.78 Å². The first-order valence-corrected chi connectivity index (χ1v) is 12.4. The Bertz CT molecular complexity index is 1220. The summed E-state index contributed by atoms with van der Waals surface area (Å²) in [7, 11) is -3.22. The molecule has 0 saturated carbocycles. The van der Waals surface area contributed by atoms with Gasteiger partial charge in [-0.1, -0.05) is 0 Å². The molecule has 0 spiro atoms. The molecule has 0 saturated heterocycles. The number of hydrogen-bond acceptors (Lipinski definition) is 7. The van der Waals surface area contributed by atoms with Crippen LogP contribution in [0.4, 0.5) is 0 Å². The number of rotatable bonds is 7. The van der Waals surface area contributed by atoms with Gasteiger partial charge in [0.05, 0.1) is 29.4 Å². The monoisotopic (exact) mass is 437 g/mol. The number of aryl methyl sites for hydroxylation is 2. The fraction of sp³-hybridized carbons (Fsp3) is 0.389. The van der Waals surface area contributed by atoms with Crippen molar-refractivity contribution in [3.8, 4) is 0 Å². The van der Waals surface area contributed by atoms with Crippen molar-refractivity contribution in [2.24, 2.45) is 0 Å². The molecule has 1 aliphatic carbocycles. The van der Waals surface area contributed by atoms with Crippen LogP contribution in [0.3, 0.4) is 0 Å². The Morgan fingerprint density at radius 2 is 2.11 bits per heavy atom. The van der Waals surface area contributed by atoms with E-state index in [4.69, 9.17) is 0 Å². The lowest BCUT2D eigenvalue weighted by Gasteiger charge is -2.04. The van der Waals surface area contributed by atoms with E-state index in [0.717, 1.165) is 40.8 Å². The molecule has 0 amide bonds. The molecule has 28 heavy (non-hydrogen) atoms. The van der Waals surface area contributed by atoms with Crippen LogP contribution in [0.2, 0.25) is 0 Å². The molecule has 3 heterocycles. The van der Waals surface area contributed by atoms with Crippen molar-refractivity contribution in [1.29, 1.82) is 0 Å². The normalized spacial score (nSPS) is 13.9. The van der Waals surface area contributed by atoms with Crippen LogP contribution < -0.4 is 10.3 Å². The highest BCUT2D eigenvalue weighted by Crippen LogP contribution is 2.34. The fourth-order valence-corrected chi connectivity index (χ4v) is 6.02. The lowest BCUT2D eigenvalue weighted by atomic mass is 10.2. The van der Waals surface area contributed by atoms with E-state index in [1.54, 1.807) is 17.4 Å². The summed E-state index contributed by atoms with van der Waals surface area (Å²) >= 11 is 2.91. The van der Waals surface area contributed by atoms with Crippen molar-refractivity contribution in [3.05, 3.63) is 49.0 Å². The van der Waals surface area contributed by atoms with E-state index < -0.39 is 10.0 Å². The van der Waals surface area contributed by atoms with Gasteiger partial charge in [-0.15, -0.1) is 22.7 Å². The summed E-state index contributed by atoms with van der Waals surface area (Å²) in [6.45, 7) is 0.240. The van der Waals surface area contributed by atoms with E-state index >= 15 is 0 Å². The zero-order valence-electron chi connectivity index (χ0n) is 15.2. The number of ketones is 1. The molecule has 0 atom stereocenters.